The van der Waals surface area contributed by atoms with Crippen LogP contribution in [-0.2, 0) is 4.74 Å². The molecule has 0 radical (unpaired) electrons. The maximum atomic E-state index is 12.9. The topological polar surface area (TPSA) is 9.23 Å². The van der Waals surface area contributed by atoms with E-state index < -0.39 is 24.3 Å². The first-order valence-electron chi connectivity index (χ1n) is 5.51. The lowest BCUT2D eigenvalue weighted by molar-refractivity contribution is -0.431. The molecule has 1 saturated carbocycles. The highest BCUT2D eigenvalue weighted by atomic mass is 19.4. The molecule has 1 nitrogen and oxygen atoms in total. The van der Waals surface area contributed by atoms with Crippen molar-refractivity contribution in [1.82, 2.24) is 0 Å². The molecule has 1 rings (SSSR count). The van der Waals surface area contributed by atoms with Gasteiger partial charge in [0.1, 0.15) is 0 Å². The Bertz CT molecular complexity index is 286. The Labute approximate surface area is 99.3 Å². The van der Waals surface area contributed by atoms with Crippen LogP contribution in [0.4, 0.5) is 30.7 Å². The lowest BCUT2D eigenvalue weighted by Gasteiger charge is -2.29. The van der Waals surface area contributed by atoms with Gasteiger partial charge < -0.3 is 4.74 Å². The molecular weight excluding hydrogens is 269 g/mol. The summed E-state index contributed by atoms with van der Waals surface area (Å²) in [7, 11) is 0. The van der Waals surface area contributed by atoms with Crippen LogP contribution in [0.2, 0.25) is 0 Å². The normalized spacial score (nSPS) is 26.7. The Balaban J connectivity index is 2.70. The van der Waals surface area contributed by atoms with E-state index in [0.29, 0.717) is 12.8 Å². The van der Waals surface area contributed by atoms with Gasteiger partial charge in [-0.05, 0) is 25.2 Å². The number of hydrogen-bond donors (Lipinski definition) is 0. The monoisotopic (exact) mass is 282 g/mol. The van der Waals surface area contributed by atoms with Crippen molar-refractivity contribution < 1.29 is 35.5 Å². The van der Waals surface area contributed by atoms with Crippen LogP contribution in [0.15, 0.2) is 0 Å². The summed E-state index contributed by atoms with van der Waals surface area (Å²) in [5, 5.41) is 0. The van der Waals surface area contributed by atoms with Crippen LogP contribution in [0.25, 0.3) is 0 Å². The van der Waals surface area contributed by atoms with E-state index in [1.165, 1.54) is 0 Å². The largest absolute Gasteiger partial charge is 0.462 e. The SMILES string of the molecule is CCC1CCC(OC(F)(F)C(F)(F)C(F)(F)F)C1. The highest BCUT2D eigenvalue weighted by Crippen LogP contribution is 2.48. The summed E-state index contributed by atoms with van der Waals surface area (Å²) in [4.78, 5) is 0. The number of ether oxygens (including phenoxy) is 1. The van der Waals surface area contributed by atoms with Gasteiger partial charge in [-0.15, -0.1) is 0 Å². The minimum Gasteiger partial charge on any atom is -0.312 e. The Morgan fingerprint density at radius 1 is 1.00 bits per heavy atom. The Hall–Kier alpha value is -0.530. The van der Waals surface area contributed by atoms with Gasteiger partial charge in [0.25, 0.3) is 0 Å². The zero-order valence-electron chi connectivity index (χ0n) is 9.54. The van der Waals surface area contributed by atoms with Gasteiger partial charge in [-0.3, -0.25) is 0 Å². The summed E-state index contributed by atoms with van der Waals surface area (Å²) < 4.78 is 90.1. The molecule has 1 fully saturated rings. The maximum absolute atomic E-state index is 12.9. The van der Waals surface area contributed by atoms with Crippen LogP contribution in [0.3, 0.4) is 0 Å². The first kappa shape index (κ1) is 15.5. The molecule has 0 bridgehead atoms. The molecule has 1 aliphatic carbocycles. The molecule has 8 heteroatoms. The number of hydrogen-bond acceptors (Lipinski definition) is 1. The molecule has 108 valence electrons. The third-order valence-electron chi connectivity index (χ3n) is 3.11. The summed E-state index contributed by atoms with van der Waals surface area (Å²) in [6.45, 7) is 1.79. The lowest BCUT2D eigenvalue weighted by atomic mass is 10.1. The fourth-order valence-electron chi connectivity index (χ4n) is 1.96. The van der Waals surface area contributed by atoms with Crippen LogP contribution in [0, 0.1) is 5.92 Å². The second-order valence-corrected chi connectivity index (χ2v) is 4.42. The van der Waals surface area contributed by atoms with E-state index in [1.54, 1.807) is 6.92 Å². The molecule has 0 spiro atoms. The molecule has 0 saturated heterocycles. The highest BCUT2D eigenvalue weighted by Gasteiger charge is 2.75. The van der Waals surface area contributed by atoms with Gasteiger partial charge in [0.05, 0.1) is 6.10 Å². The summed E-state index contributed by atoms with van der Waals surface area (Å²) in [6, 6.07) is 0. The Morgan fingerprint density at radius 3 is 1.94 bits per heavy atom. The average Bonchev–Trinajstić information content (AvgIpc) is 2.62. The standard InChI is InChI=1S/C10H13F7O/c1-2-6-3-4-7(5-6)18-10(16,17)8(11,12)9(13,14)15/h6-7H,2-5H2,1H3. The molecular formula is C10H13F7O. The minimum atomic E-state index is -6.33. The highest BCUT2D eigenvalue weighted by molar-refractivity contribution is 4.87. The zero-order chi connectivity index (χ0) is 14.2. The van der Waals surface area contributed by atoms with Gasteiger partial charge in [-0.25, -0.2) is 0 Å². The second kappa shape index (κ2) is 4.86. The van der Waals surface area contributed by atoms with Crippen molar-refractivity contribution in [2.75, 3.05) is 0 Å². The van der Waals surface area contributed by atoms with Crippen molar-refractivity contribution in [3.05, 3.63) is 0 Å². The molecule has 2 unspecified atom stereocenters. The molecule has 0 heterocycles. The van der Waals surface area contributed by atoms with E-state index in [4.69, 9.17) is 0 Å². The lowest BCUT2D eigenvalue weighted by Crippen LogP contribution is -2.54. The number of halogens is 7. The van der Waals surface area contributed by atoms with Crippen molar-refractivity contribution in [3.8, 4) is 0 Å². The molecule has 18 heavy (non-hydrogen) atoms. The summed E-state index contributed by atoms with van der Waals surface area (Å²) in [6.07, 6.45) is -11.8. The predicted octanol–water partition coefficient (Wildman–Crippen LogP) is 4.37. The molecule has 2 atom stereocenters. The Morgan fingerprint density at radius 2 is 1.56 bits per heavy atom. The molecule has 0 amide bonds. The van der Waals surface area contributed by atoms with Crippen molar-refractivity contribution in [2.45, 2.75) is 56.9 Å². The van der Waals surface area contributed by atoms with Crippen LogP contribution >= 0.6 is 0 Å². The first-order chi connectivity index (χ1) is 8.01. The van der Waals surface area contributed by atoms with Gasteiger partial charge in [0.15, 0.2) is 0 Å². The van der Waals surface area contributed by atoms with E-state index >= 15 is 0 Å². The first-order valence-corrected chi connectivity index (χ1v) is 5.51. The molecule has 0 aliphatic heterocycles. The van der Waals surface area contributed by atoms with Gasteiger partial charge in [-0.1, -0.05) is 13.3 Å². The molecule has 1 aliphatic rings. The molecule has 0 aromatic heterocycles. The fraction of sp³-hybridized carbons (Fsp3) is 1.00. The van der Waals surface area contributed by atoms with Crippen molar-refractivity contribution in [2.24, 2.45) is 5.92 Å². The van der Waals surface area contributed by atoms with E-state index in [-0.39, 0.29) is 18.8 Å². The minimum absolute atomic E-state index is 0.0327. The predicted molar refractivity (Wildman–Crippen MR) is 48.5 cm³/mol. The van der Waals surface area contributed by atoms with Crippen LogP contribution in [-0.4, -0.2) is 24.3 Å². The van der Waals surface area contributed by atoms with Gasteiger partial charge >= 0.3 is 18.2 Å². The fourth-order valence-corrected chi connectivity index (χ4v) is 1.96. The van der Waals surface area contributed by atoms with Gasteiger partial charge in [0.2, 0.25) is 0 Å². The second-order valence-electron chi connectivity index (χ2n) is 4.42. The molecule has 0 aromatic carbocycles. The van der Waals surface area contributed by atoms with E-state index in [0.717, 1.165) is 0 Å². The van der Waals surface area contributed by atoms with E-state index in [1.807, 2.05) is 0 Å². The quantitative estimate of drug-likeness (QED) is 0.696. The summed E-state index contributed by atoms with van der Waals surface area (Å²) in [5.41, 5.74) is 0. The van der Waals surface area contributed by atoms with E-state index in [2.05, 4.69) is 4.74 Å². The van der Waals surface area contributed by atoms with Gasteiger partial charge in [0, 0.05) is 0 Å². The van der Waals surface area contributed by atoms with Crippen LogP contribution in [0.1, 0.15) is 32.6 Å². The van der Waals surface area contributed by atoms with Crippen LogP contribution in [0.5, 0.6) is 0 Å². The maximum Gasteiger partial charge on any atom is 0.462 e. The Kier molecular flexibility index (Phi) is 4.19. The summed E-state index contributed by atoms with van der Waals surface area (Å²) in [5.74, 6) is -6.14. The smallest absolute Gasteiger partial charge is 0.312 e. The average molecular weight is 282 g/mol. The summed E-state index contributed by atoms with van der Waals surface area (Å²) >= 11 is 0. The van der Waals surface area contributed by atoms with Crippen molar-refractivity contribution in [3.63, 3.8) is 0 Å². The van der Waals surface area contributed by atoms with Gasteiger partial charge in [-0.2, -0.15) is 30.7 Å². The number of alkyl halides is 7. The number of rotatable bonds is 4. The third kappa shape index (κ3) is 2.89. The van der Waals surface area contributed by atoms with E-state index in [9.17, 15) is 30.7 Å². The van der Waals surface area contributed by atoms with Crippen molar-refractivity contribution >= 4 is 0 Å². The van der Waals surface area contributed by atoms with Crippen LogP contribution < -0.4 is 0 Å². The third-order valence-corrected chi connectivity index (χ3v) is 3.11. The van der Waals surface area contributed by atoms with Crippen molar-refractivity contribution in [1.29, 1.82) is 0 Å². The zero-order valence-corrected chi connectivity index (χ0v) is 9.54. The molecule has 0 aromatic rings. The molecule has 0 N–H and O–H groups in total.